The summed E-state index contributed by atoms with van der Waals surface area (Å²) in [5.74, 6) is 0. The van der Waals surface area contributed by atoms with Crippen LogP contribution in [0.25, 0.3) is 0 Å². The zero-order valence-corrected chi connectivity index (χ0v) is 6.79. The summed E-state index contributed by atoms with van der Waals surface area (Å²) in [6.07, 6.45) is 0.833. The Balaban J connectivity index is 0.000000490. The van der Waals surface area contributed by atoms with Crippen LogP contribution in [0.1, 0.15) is 10.4 Å². The van der Waals surface area contributed by atoms with E-state index in [-0.39, 0.29) is 29.6 Å². The molecule has 0 saturated carbocycles. The molecule has 1 aromatic carbocycles. The van der Waals surface area contributed by atoms with Gasteiger partial charge in [-0.25, -0.2) is 0 Å². The molecule has 0 N–H and O–H groups in total. The first kappa shape index (κ1) is 8.02. The van der Waals surface area contributed by atoms with E-state index >= 15 is 0 Å². The van der Waals surface area contributed by atoms with E-state index in [2.05, 4.69) is 0 Å². The Kier molecular flexibility index (Phi) is 3.97. The number of aldehydes is 1. The summed E-state index contributed by atoms with van der Waals surface area (Å²) in [5, 5.41) is 0. The largest absolute Gasteiger partial charge is 1.00 e. The molecular weight excluding hydrogens is 111 g/mol. The van der Waals surface area contributed by atoms with Crippen LogP contribution in [0, 0.1) is 0 Å². The molecule has 1 nitrogen and oxygen atoms in total. The van der Waals surface area contributed by atoms with Crippen molar-refractivity contribution in [1.82, 2.24) is 0 Å². The molecule has 0 atom stereocenters. The zero-order chi connectivity index (χ0) is 5.11. The van der Waals surface area contributed by atoms with E-state index in [0.29, 0.717) is 0 Å². The summed E-state index contributed by atoms with van der Waals surface area (Å²) >= 11 is 0. The summed E-state index contributed by atoms with van der Waals surface area (Å²) in [7, 11) is 0. The maximum Gasteiger partial charge on any atom is 1.00 e. The molecule has 0 amide bonds. The maximum atomic E-state index is 9.87. The van der Waals surface area contributed by atoms with Gasteiger partial charge in [0.25, 0.3) is 0 Å². The summed E-state index contributed by atoms with van der Waals surface area (Å²) in [6, 6.07) is 7.22. The van der Waals surface area contributed by atoms with Crippen molar-refractivity contribution >= 4 is 6.29 Å². The van der Waals surface area contributed by atoms with E-state index in [1.165, 1.54) is 0 Å². The fourth-order valence-corrected chi connectivity index (χ4v) is 0.467. The van der Waals surface area contributed by atoms with Crippen LogP contribution >= 0.6 is 0 Å². The molecule has 0 saturated heterocycles. The molecule has 0 bridgehead atoms. The van der Waals surface area contributed by atoms with Crippen molar-refractivity contribution in [3.8, 4) is 0 Å². The van der Waals surface area contributed by atoms with Crippen molar-refractivity contribution in [3.63, 3.8) is 0 Å². The molecule has 0 aliphatic heterocycles. The molecule has 0 heterocycles. The molecule has 0 radical (unpaired) electrons. The van der Waals surface area contributed by atoms with Gasteiger partial charge in [-0.1, -0.05) is 0 Å². The number of carbonyl (C=O) groups is 1. The van der Waals surface area contributed by atoms with Crippen molar-refractivity contribution < 1.29 is 34.4 Å². The van der Waals surface area contributed by atoms with Gasteiger partial charge in [0.05, 0.1) is 6.29 Å². The van der Waals surface area contributed by atoms with Crippen molar-refractivity contribution in [1.29, 1.82) is 0 Å². The fraction of sp³-hybridized carbons (Fsp3) is 0. The van der Waals surface area contributed by atoms with Crippen LogP contribution in [0.2, 0.25) is 0 Å². The number of hydrogen-bond acceptors (Lipinski definition) is 1. The first-order valence-electron chi connectivity index (χ1n) is 2.10. The standard InChI is InChI=1S/C6H5O.Na/c7-5-6-3-1-2-4-6;/h1-5H;/q-1;+1. The van der Waals surface area contributed by atoms with Gasteiger partial charge in [-0.3, -0.25) is 0 Å². The minimum absolute atomic E-state index is 0. The quantitative estimate of drug-likeness (QED) is 0.241. The van der Waals surface area contributed by atoms with E-state index in [1.807, 2.05) is 12.1 Å². The summed E-state index contributed by atoms with van der Waals surface area (Å²) in [4.78, 5) is 9.87. The Labute approximate surface area is 70.4 Å². The van der Waals surface area contributed by atoms with E-state index < -0.39 is 0 Å². The summed E-state index contributed by atoms with van der Waals surface area (Å²) < 4.78 is 0. The maximum absolute atomic E-state index is 9.87. The van der Waals surface area contributed by atoms with Crippen LogP contribution in [-0.2, 0) is 0 Å². The van der Waals surface area contributed by atoms with Crippen LogP contribution in [0.5, 0.6) is 0 Å². The van der Waals surface area contributed by atoms with Crippen LogP contribution in [0.4, 0.5) is 0 Å². The topological polar surface area (TPSA) is 17.1 Å². The van der Waals surface area contributed by atoms with Crippen molar-refractivity contribution in [2.24, 2.45) is 0 Å². The number of carbonyl (C=O) groups excluding carboxylic acids is 1. The fourth-order valence-electron chi connectivity index (χ4n) is 0.467. The predicted octanol–water partition coefficient (Wildman–Crippen LogP) is -1.78. The van der Waals surface area contributed by atoms with E-state index in [9.17, 15) is 4.79 Å². The Morgan fingerprint density at radius 2 is 2.38 bits per heavy atom. The zero-order valence-electron chi connectivity index (χ0n) is 4.79. The van der Waals surface area contributed by atoms with Crippen LogP contribution in [-0.4, -0.2) is 6.29 Å². The SMILES string of the molecule is O=Cc1ccc[cH-]1.[Na+]. The van der Waals surface area contributed by atoms with Gasteiger partial charge in [0.2, 0.25) is 0 Å². The van der Waals surface area contributed by atoms with E-state index in [1.54, 1.807) is 12.1 Å². The van der Waals surface area contributed by atoms with Crippen LogP contribution < -0.4 is 29.6 Å². The Bertz CT molecular complexity index is 144. The average molecular weight is 116 g/mol. The first-order chi connectivity index (χ1) is 3.43. The summed E-state index contributed by atoms with van der Waals surface area (Å²) in [6.45, 7) is 0. The van der Waals surface area contributed by atoms with Crippen LogP contribution in [0.3, 0.4) is 0 Å². The average Bonchev–Trinajstić information content (AvgIpc) is 2.14. The van der Waals surface area contributed by atoms with Gasteiger partial charge in [-0.05, 0) is 0 Å². The second-order valence-corrected chi connectivity index (χ2v) is 1.34. The normalized spacial score (nSPS) is 7.50. The molecule has 0 aromatic heterocycles. The minimum Gasteiger partial charge on any atom is -0.355 e. The molecule has 0 aliphatic rings. The third-order valence-corrected chi connectivity index (χ3v) is 0.825. The predicted molar refractivity (Wildman–Crippen MR) is 27.4 cm³/mol. The Morgan fingerprint density at radius 1 is 1.62 bits per heavy atom. The van der Waals surface area contributed by atoms with E-state index in [0.717, 1.165) is 11.8 Å². The first-order valence-corrected chi connectivity index (χ1v) is 2.10. The monoisotopic (exact) mass is 116 g/mol. The molecular formula is C6H5NaO. The van der Waals surface area contributed by atoms with Gasteiger partial charge in [0.15, 0.2) is 0 Å². The van der Waals surface area contributed by atoms with Gasteiger partial charge in [-0.2, -0.15) is 18.2 Å². The van der Waals surface area contributed by atoms with E-state index in [4.69, 9.17) is 0 Å². The van der Waals surface area contributed by atoms with Crippen molar-refractivity contribution in [2.45, 2.75) is 0 Å². The third-order valence-electron chi connectivity index (χ3n) is 0.825. The van der Waals surface area contributed by atoms with Crippen LogP contribution in [0.15, 0.2) is 24.3 Å². The molecule has 36 valence electrons. The minimum atomic E-state index is 0. The Hall–Kier alpha value is 0.0200. The van der Waals surface area contributed by atoms with Gasteiger partial charge >= 0.3 is 29.6 Å². The van der Waals surface area contributed by atoms with Gasteiger partial charge in [0, 0.05) is 0 Å². The molecule has 0 fully saturated rings. The second-order valence-electron chi connectivity index (χ2n) is 1.34. The Morgan fingerprint density at radius 3 is 2.62 bits per heavy atom. The molecule has 1 rings (SSSR count). The molecule has 1 aromatic rings. The molecule has 0 unspecified atom stereocenters. The number of hydrogen-bond donors (Lipinski definition) is 0. The van der Waals surface area contributed by atoms with Gasteiger partial charge < -0.3 is 4.79 Å². The van der Waals surface area contributed by atoms with Gasteiger partial charge in [-0.15, -0.1) is 11.6 Å². The molecule has 2 heteroatoms. The molecule has 0 aliphatic carbocycles. The molecule has 0 spiro atoms. The number of rotatable bonds is 1. The smallest absolute Gasteiger partial charge is 0.355 e. The summed E-state index contributed by atoms with van der Waals surface area (Å²) in [5.41, 5.74) is 0.750. The third kappa shape index (κ3) is 1.86. The van der Waals surface area contributed by atoms with Gasteiger partial charge in [0.1, 0.15) is 0 Å². The van der Waals surface area contributed by atoms with Crippen molar-refractivity contribution in [2.75, 3.05) is 0 Å². The van der Waals surface area contributed by atoms with Crippen molar-refractivity contribution in [3.05, 3.63) is 29.8 Å². The molecule has 8 heavy (non-hydrogen) atoms. The second kappa shape index (κ2) is 3.96.